The smallest absolute Gasteiger partial charge is 0.224 e. The van der Waals surface area contributed by atoms with Gasteiger partial charge in [0.05, 0.1) is 12.2 Å². The van der Waals surface area contributed by atoms with Gasteiger partial charge in [-0.1, -0.05) is 24.3 Å². The van der Waals surface area contributed by atoms with Crippen LogP contribution in [0.15, 0.2) is 30.5 Å². The number of hydrogen-bond donors (Lipinski definition) is 2. The summed E-state index contributed by atoms with van der Waals surface area (Å²) in [6, 6.07) is 8.41. The Bertz CT molecular complexity index is 615. The molecule has 0 bridgehead atoms. The molecule has 0 spiro atoms. The number of aryl methyl sites for hydroxylation is 1. The maximum Gasteiger partial charge on any atom is 0.224 e. The van der Waals surface area contributed by atoms with Crippen LogP contribution in [0.3, 0.4) is 0 Å². The summed E-state index contributed by atoms with van der Waals surface area (Å²) in [5.41, 5.74) is 2.57. The van der Waals surface area contributed by atoms with Gasteiger partial charge in [0.25, 0.3) is 0 Å². The summed E-state index contributed by atoms with van der Waals surface area (Å²) in [5, 5.41) is 6.04. The average Bonchev–Trinajstić information content (AvgIpc) is 2.50. The van der Waals surface area contributed by atoms with Gasteiger partial charge in [0.1, 0.15) is 0 Å². The third-order valence-electron chi connectivity index (χ3n) is 3.65. The summed E-state index contributed by atoms with van der Waals surface area (Å²) in [4.78, 5) is 8.01. The van der Waals surface area contributed by atoms with Gasteiger partial charge in [-0.15, -0.1) is 0 Å². The minimum absolute atomic E-state index is 0.106. The number of fused-ring (bicyclic) bond motifs is 1. The lowest BCUT2D eigenvalue weighted by molar-refractivity contribution is 0.579. The highest BCUT2D eigenvalue weighted by Gasteiger charge is 2.21. The van der Waals surface area contributed by atoms with E-state index in [0.717, 1.165) is 19.3 Å². The topological polar surface area (TPSA) is 49.8 Å². The molecule has 0 saturated carbocycles. The fourth-order valence-electron chi connectivity index (χ4n) is 2.66. The molecule has 4 nitrogen and oxygen atoms in total. The molecule has 0 aliphatic heterocycles. The highest BCUT2D eigenvalue weighted by atomic mass is 19.1. The lowest BCUT2D eigenvalue weighted by Gasteiger charge is -2.26. The zero-order chi connectivity index (χ0) is 13.9. The summed E-state index contributed by atoms with van der Waals surface area (Å²) in [5.74, 6) is 0.246. The van der Waals surface area contributed by atoms with Crippen LogP contribution in [0.25, 0.3) is 0 Å². The summed E-state index contributed by atoms with van der Waals surface area (Å²) in [6.45, 7) is 0. The lowest BCUT2D eigenvalue weighted by Crippen LogP contribution is -2.19. The lowest BCUT2D eigenvalue weighted by atomic mass is 9.88. The monoisotopic (exact) mass is 272 g/mol. The predicted octanol–water partition coefficient (Wildman–Crippen LogP) is 3.15. The molecule has 1 aromatic heterocycles. The second kappa shape index (κ2) is 5.45. The molecule has 0 saturated heterocycles. The van der Waals surface area contributed by atoms with Crippen LogP contribution in [0.5, 0.6) is 0 Å². The molecule has 1 unspecified atom stereocenters. The second-order valence-corrected chi connectivity index (χ2v) is 4.93. The van der Waals surface area contributed by atoms with E-state index in [9.17, 15) is 4.39 Å². The molecule has 1 heterocycles. The number of rotatable bonds is 3. The molecule has 1 aromatic carbocycles. The number of aromatic nitrogens is 2. The van der Waals surface area contributed by atoms with E-state index in [0.29, 0.717) is 5.95 Å². The van der Waals surface area contributed by atoms with Gasteiger partial charge in [0.2, 0.25) is 5.95 Å². The van der Waals surface area contributed by atoms with E-state index in [1.807, 2.05) is 12.1 Å². The minimum Gasteiger partial charge on any atom is -0.361 e. The minimum atomic E-state index is -0.424. The van der Waals surface area contributed by atoms with Crippen LogP contribution in [0, 0.1) is 5.82 Å². The zero-order valence-corrected chi connectivity index (χ0v) is 11.4. The fourth-order valence-corrected chi connectivity index (χ4v) is 2.66. The van der Waals surface area contributed by atoms with E-state index in [-0.39, 0.29) is 11.9 Å². The Morgan fingerprint density at radius 3 is 3.00 bits per heavy atom. The quantitative estimate of drug-likeness (QED) is 0.901. The molecule has 2 N–H and O–H groups in total. The van der Waals surface area contributed by atoms with Gasteiger partial charge >= 0.3 is 0 Å². The number of hydrogen-bond acceptors (Lipinski definition) is 4. The van der Waals surface area contributed by atoms with Crippen molar-refractivity contribution in [1.29, 1.82) is 0 Å². The molecule has 2 aromatic rings. The fraction of sp³-hybridized carbons (Fsp3) is 0.333. The Labute approximate surface area is 117 Å². The number of nitrogens with one attached hydrogen (secondary N) is 2. The van der Waals surface area contributed by atoms with Crippen molar-refractivity contribution in [3.8, 4) is 0 Å². The van der Waals surface area contributed by atoms with Gasteiger partial charge in [0.15, 0.2) is 11.6 Å². The van der Waals surface area contributed by atoms with Crippen molar-refractivity contribution in [2.75, 3.05) is 17.7 Å². The summed E-state index contributed by atoms with van der Waals surface area (Å²) >= 11 is 0. The van der Waals surface area contributed by atoms with Crippen LogP contribution in [0.2, 0.25) is 0 Å². The van der Waals surface area contributed by atoms with Gasteiger partial charge in [-0.2, -0.15) is 4.98 Å². The zero-order valence-electron chi connectivity index (χ0n) is 11.4. The third-order valence-corrected chi connectivity index (χ3v) is 3.65. The molecule has 0 amide bonds. The third kappa shape index (κ3) is 2.43. The van der Waals surface area contributed by atoms with Crippen LogP contribution in [-0.2, 0) is 6.42 Å². The Morgan fingerprint density at radius 2 is 2.15 bits per heavy atom. The molecule has 1 atom stereocenters. The maximum absolute atomic E-state index is 13.8. The van der Waals surface area contributed by atoms with E-state index in [1.54, 1.807) is 7.05 Å². The summed E-state index contributed by atoms with van der Waals surface area (Å²) < 4.78 is 13.8. The number of anilines is 2. The van der Waals surface area contributed by atoms with E-state index in [1.165, 1.54) is 17.3 Å². The van der Waals surface area contributed by atoms with E-state index < -0.39 is 5.82 Å². The highest BCUT2D eigenvalue weighted by molar-refractivity contribution is 5.45. The van der Waals surface area contributed by atoms with Crippen molar-refractivity contribution in [2.45, 2.75) is 25.3 Å². The van der Waals surface area contributed by atoms with Gasteiger partial charge in [-0.25, -0.2) is 9.37 Å². The van der Waals surface area contributed by atoms with Crippen LogP contribution < -0.4 is 10.6 Å². The second-order valence-electron chi connectivity index (χ2n) is 4.93. The normalized spacial score (nSPS) is 17.4. The Hall–Kier alpha value is -2.17. The predicted molar refractivity (Wildman–Crippen MR) is 77.3 cm³/mol. The van der Waals surface area contributed by atoms with Crippen LogP contribution >= 0.6 is 0 Å². The van der Waals surface area contributed by atoms with E-state index in [4.69, 9.17) is 0 Å². The van der Waals surface area contributed by atoms with Crippen LogP contribution in [0.1, 0.15) is 30.0 Å². The molecule has 1 aliphatic rings. The Balaban J connectivity index is 1.89. The highest BCUT2D eigenvalue weighted by Crippen LogP contribution is 2.32. The molecule has 20 heavy (non-hydrogen) atoms. The van der Waals surface area contributed by atoms with Crippen molar-refractivity contribution in [2.24, 2.45) is 0 Å². The summed E-state index contributed by atoms with van der Waals surface area (Å²) in [7, 11) is 1.72. The molecule has 5 heteroatoms. The molecular weight excluding hydrogens is 255 g/mol. The molecule has 1 aliphatic carbocycles. The molecule has 3 rings (SSSR count). The first-order valence-corrected chi connectivity index (χ1v) is 6.82. The van der Waals surface area contributed by atoms with Gasteiger partial charge in [-0.3, -0.25) is 0 Å². The van der Waals surface area contributed by atoms with Gasteiger partial charge in [-0.05, 0) is 30.4 Å². The van der Waals surface area contributed by atoms with Gasteiger partial charge < -0.3 is 10.6 Å². The molecule has 104 valence electrons. The maximum atomic E-state index is 13.8. The standard InChI is InChI=1S/C15H17FN4/c1-17-15-18-9-12(16)14(20-15)19-13-8-4-6-10-5-2-3-7-11(10)13/h2-3,5,7,9,13H,4,6,8H2,1H3,(H2,17,18,19,20). The number of halogens is 1. The van der Waals surface area contributed by atoms with Crippen molar-refractivity contribution in [3.05, 3.63) is 47.4 Å². The molecule has 0 radical (unpaired) electrons. The number of benzene rings is 1. The molecule has 0 fully saturated rings. The largest absolute Gasteiger partial charge is 0.361 e. The first kappa shape index (κ1) is 12.8. The first-order chi connectivity index (χ1) is 9.78. The van der Waals surface area contributed by atoms with Crippen molar-refractivity contribution < 1.29 is 4.39 Å². The average molecular weight is 272 g/mol. The van der Waals surface area contributed by atoms with Gasteiger partial charge in [0, 0.05) is 7.05 Å². The Kier molecular flexibility index (Phi) is 3.50. The number of nitrogens with zero attached hydrogens (tertiary/aromatic N) is 2. The van der Waals surface area contributed by atoms with Crippen molar-refractivity contribution in [1.82, 2.24) is 9.97 Å². The SMILES string of the molecule is CNc1ncc(F)c(NC2CCCc3ccccc32)n1. The van der Waals surface area contributed by atoms with E-state index in [2.05, 4.69) is 32.7 Å². The van der Waals surface area contributed by atoms with Crippen LogP contribution in [-0.4, -0.2) is 17.0 Å². The first-order valence-electron chi connectivity index (χ1n) is 6.82. The van der Waals surface area contributed by atoms with Crippen LogP contribution in [0.4, 0.5) is 16.2 Å². The van der Waals surface area contributed by atoms with E-state index >= 15 is 0 Å². The van der Waals surface area contributed by atoms with Crippen molar-refractivity contribution in [3.63, 3.8) is 0 Å². The van der Waals surface area contributed by atoms with Crippen molar-refractivity contribution >= 4 is 11.8 Å². The Morgan fingerprint density at radius 1 is 1.30 bits per heavy atom. The molecular formula is C15H17FN4. The summed E-state index contributed by atoms with van der Waals surface area (Å²) in [6.07, 6.45) is 4.36.